The molecule has 7 heteroatoms. The Morgan fingerprint density at radius 3 is 2.83 bits per heavy atom. The normalized spacial score (nSPS) is 22.4. The van der Waals surface area contributed by atoms with Gasteiger partial charge in [0, 0.05) is 44.1 Å². The fraction of sp³-hybridized carbons (Fsp3) is 0.522. The zero-order valence-electron chi connectivity index (χ0n) is 17.6. The SMILES string of the molecule is C[C@H]1CC[C@H](C(=O)Nc2cc(-c3cccc(NCC4CCOCC4)n3)ccn2)CN1. The van der Waals surface area contributed by atoms with Crippen molar-refractivity contribution in [3.63, 3.8) is 0 Å². The zero-order valence-corrected chi connectivity index (χ0v) is 17.6. The van der Waals surface area contributed by atoms with E-state index in [1.807, 2.05) is 30.3 Å². The lowest BCUT2D eigenvalue weighted by Gasteiger charge is -2.26. The van der Waals surface area contributed by atoms with Crippen LogP contribution in [0.4, 0.5) is 11.6 Å². The molecule has 0 aliphatic carbocycles. The summed E-state index contributed by atoms with van der Waals surface area (Å²) in [6, 6.07) is 10.3. The molecule has 4 heterocycles. The maximum Gasteiger partial charge on any atom is 0.229 e. The molecule has 1 amide bonds. The molecule has 2 aromatic heterocycles. The van der Waals surface area contributed by atoms with E-state index in [1.54, 1.807) is 6.20 Å². The van der Waals surface area contributed by atoms with E-state index in [4.69, 9.17) is 9.72 Å². The molecular weight excluding hydrogens is 378 g/mol. The average molecular weight is 410 g/mol. The molecule has 0 bridgehead atoms. The molecule has 2 fully saturated rings. The summed E-state index contributed by atoms with van der Waals surface area (Å²) >= 11 is 0. The largest absolute Gasteiger partial charge is 0.381 e. The van der Waals surface area contributed by atoms with Gasteiger partial charge in [0.1, 0.15) is 11.6 Å². The fourth-order valence-electron chi connectivity index (χ4n) is 4.00. The molecule has 30 heavy (non-hydrogen) atoms. The van der Waals surface area contributed by atoms with E-state index in [9.17, 15) is 4.79 Å². The molecule has 7 nitrogen and oxygen atoms in total. The first-order chi connectivity index (χ1) is 14.7. The molecule has 2 saturated heterocycles. The van der Waals surface area contributed by atoms with E-state index < -0.39 is 0 Å². The minimum atomic E-state index is -0.0116. The Hall–Kier alpha value is -2.51. The van der Waals surface area contributed by atoms with Crippen LogP contribution < -0.4 is 16.0 Å². The van der Waals surface area contributed by atoms with Crippen LogP contribution in [0.3, 0.4) is 0 Å². The quantitative estimate of drug-likeness (QED) is 0.678. The van der Waals surface area contributed by atoms with Crippen LogP contribution in [0.5, 0.6) is 0 Å². The van der Waals surface area contributed by atoms with Gasteiger partial charge in [0.05, 0.1) is 11.6 Å². The maximum atomic E-state index is 12.6. The van der Waals surface area contributed by atoms with Gasteiger partial charge in [-0.1, -0.05) is 6.07 Å². The first-order valence-corrected chi connectivity index (χ1v) is 11.0. The predicted molar refractivity (Wildman–Crippen MR) is 118 cm³/mol. The van der Waals surface area contributed by atoms with E-state index in [-0.39, 0.29) is 11.8 Å². The Labute approximate surface area is 178 Å². The Bertz CT molecular complexity index is 845. The zero-order chi connectivity index (χ0) is 20.8. The topological polar surface area (TPSA) is 88.2 Å². The van der Waals surface area contributed by atoms with E-state index in [2.05, 4.69) is 27.9 Å². The first kappa shape index (κ1) is 20.8. The highest BCUT2D eigenvalue weighted by atomic mass is 16.5. The molecule has 2 atom stereocenters. The van der Waals surface area contributed by atoms with E-state index in [0.29, 0.717) is 17.8 Å². The van der Waals surface area contributed by atoms with Gasteiger partial charge in [-0.05, 0) is 62.8 Å². The number of rotatable bonds is 6. The lowest BCUT2D eigenvalue weighted by molar-refractivity contribution is -0.120. The van der Waals surface area contributed by atoms with Crippen molar-refractivity contribution in [3.05, 3.63) is 36.5 Å². The van der Waals surface area contributed by atoms with Gasteiger partial charge in [0.15, 0.2) is 0 Å². The number of piperidine rings is 1. The third-order valence-corrected chi connectivity index (χ3v) is 6.00. The van der Waals surface area contributed by atoms with Crippen LogP contribution in [-0.4, -0.2) is 48.2 Å². The molecular formula is C23H31N5O2. The third-order valence-electron chi connectivity index (χ3n) is 6.00. The van der Waals surface area contributed by atoms with Gasteiger partial charge in [-0.15, -0.1) is 0 Å². The van der Waals surface area contributed by atoms with Crippen molar-refractivity contribution < 1.29 is 9.53 Å². The first-order valence-electron chi connectivity index (χ1n) is 11.0. The Morgan fingerprint density at radius 2 is 2.03 bits per heavy atom. The predicted octanol–water partition coefficient (Wildman–Crippen LogP) is 3.31. The highest BCUT2D eigenvalue weighted by molar-refractivity contribution is 5.92. The minimum absolute atomic E-state index is 0.0116. The van der Waals surface area contributed by atoms with Crippen LogP contribution in [-0.2, 0) is 9.53 Å². The third kappa shape index (κ3) is 5.55. The molecule has 2 aliphatic rings. The van der Waals surface area contributed by atoms with Crippen LogP contribution >= 0.6 is 0 Å². The molecule has 4 rings (SSSR count). The highest BCUT2D eigenvalue weighted by Gasteiger charge is 2.24. The van der Waals surface area contributed by atoms with Crippen LogP contribution in [0.15, 0.2) is 36.5 Å². The number of aromatic nitrogens is 2. The van der Waals surface area contributed by atoms with Gasteiger partial charge in [-0.3, -0.25) is 4.79 Å². The number of carbonyl (C=O) groups is 1. The summed E-state index contributed by atoms with van der Waals surface area (Å²) in [7, 11) is 0. The van der Waals surface area contributed by atoms with Crippen LogP contribution in [0, 0.1) is 11.8 Å². The Kier molecular flexibility index (Phi) is 6.92. The minimum Gasteiger partial charge on any atom is -0.381 e. The summed E-state index contributed by atoms with van der Waals surface area (Å²) in [5, 5.41) is 9.81. The van der Waals surface area contributed by atoms with Gasteiger partial charge >= 0.3 is 0 Å². The van der Waals surface area contributed by atoms with E-state index >= 15 is 0 Å². The molecule has 0 saturated carbocycles. The number of nitrogens with one attached hydrogen (secondary N) is 3. The van der Waals surface area contributed by atoms with Gasteiger partial charge in [-0.25, -0.2) is 9.97 Å². The molecule has 160 valence electrons. The molecule has 2 aromatic rings. The summed E-state index contributed by atoms with van der Waals surface area (Å²) in [6.07, 6.45) is 5.83. The van der Waals surface area contributed by atoms with Gasteiger partial charge < -0.3 is 20.7 Å². The number of carbonyl (C=O) groups excluding carboxylic acids is 1. The van der Waals surface area contributed by atoms with Gasteiger partial charge in [0.25, 0.3) is 0 Å². The van der Waals surface area contributed by atoms with Crippen molar-refractivity contribution >= 4 is 17.5 Å². The number of ether oxygens (including phenoxy) is 1. The molecule has 0 unspecified atom stereocenters. The van der Waals surface area contributed by atoms with E-state index in [0.717, 1.165) is 69.1 Å². The average Bonchev–Trinajstić information content (AvgIpc) is 2.79. The number of anilines is 2. The maximum absolute atomic E-state index is 12.6. The number of amides is 1. The highest BCUT2D eigenvalue weighted by Crippen LogP contribution is 2.23. The molecule has 0 radical (unpaired) electrons. The van der Waals surface area contributed by atoms with Crippen molar-refractivity contribution in [2.75, 3.05) is 36.9 Å². The second-order valence-corrected chi connectivity index (χ2v) is 8.35. The summed E-state index contributed by atoms with van der Waals surface area (Å²) in [5.41, 5.74) is 1.79. The van der Waals surface area contributed by atoms with Crippen LogP contribution in [0.25, 0.3) is 11.3 Å². The second-order valence-electron chi connectivity index (χ2n) is 8.35. The summed E-state index contributed by atoms with van der Waals surface area (Å²) < 4.78 is 5.43. The van der Waals surface area contributed by atoms with Crippen molar-refractivity contribution in [3.8, 4) is 11.3 Å². The van der Waals surface area contributed by atoms with Crippen molar-refractivity contribution in [2.24, 2.45) is 11.8 Å². The van der Waals surface area contributed by atoms with Crippen molar-refractivity contribution in [1.82, 2.24) is 15.3 Å². The summed E-state index contributed by atoms with van der Waals surface area (Å²) in [4.78, 5) is 21.7. The van der Waals surface area contributed by atoms with Crippen molar-refractivity contribution in [2.45, 2.75) is 38.6 Å². The lowest BCUT2D eigenvalue weighted by Crippen LogP contribution is -2.41. The number of hydrogen-bond donors (Lipinski definition) is 3. The second kappa shape index (κ2) is 10.00. The van der Waals surface area contributed by atoms with Crippen LogP contribution in [0.2, 0.25) is 0 Å². The van der Waals surface area contributed by atoms with Crippen LogP contribution in [0.1, 0.15) is 32.6 Å². The molecule has 2 aliphatic heterocycles. The fourth-order valence-corrected chi connectivity index (χ4v) is 4.00. The molecule has 0 aromatic carbocycles. The number of pyridine rings is 2. The van der Waals surface area contributed by atoms with Crippen molar-refractivity contribution in [1.29, 1.82) is 0 Å². The lowest BCUT2D eigenvalue weighted by atomic mass is 9.95. The standard InChI is InChI=1S/C23H31N5O2/c1-16-5-6-19(15-25-16)23(29)28-22-13-18(7-10-24-22)20-3-2-4-21(27-20)26-14-17-8-11-30-12-9-17/h2-4,7,10,13,16-17,19,25H,5-6,8-9,11-12,14-15H2,1H3,(H,26,27)(H,24,28,29)/t16-,19-/m0/s1. The number of nitrogens with zero attached hydrogens (tertiary/aromatic N) is 2. The monoisotopic (exact) mass is 409 g/mol. The van der Waals surface area contributed by atoms with Gasteiger partial charge in [-0.2, -0.15) is 0 Å². The molecule has 0 spiro atoms. The smallest absolute Gasteiger partial charge is 0.229 e. The Morgan fingerprint density at radius 1 is 1.17 bits per heavy atom. The van der Waals surface area contributed by atoms with E-state index in [1.165, 1.54) is 0 Å². The summed E-state index contributed by atoms with van der Waals surface area (Å²) in [5.74, 6) is 2.08. The summed E-state index contributed by atoms with van der Waals surface area (Å²) in [6.45, 7) is 5.47. The Balaban J connectivity index is 1.38. The number of hydrogen-bond acceptors (Lipinski definition) is 6. The van der Waals surface area contributed by atoms with Gasteiger partial charge in [0.2, 0.25) is 5.91 Å². The molecule has 3 N–H and O–H groups in total.